The first kappa shape index (κ1) is 14.5. The molecule has 2 N–H and O–H groups in total. The molecule has 0 atom stereocenters. The summed E-state index contributed by atoms with van der Waals surface area (Å²) in [5.41, 5.74) is 4.01. The second-order valence-corrected chi connectivity index (χ2v) is 4.67. The third kappa shape index (κ3) is 3.45. The molecule has 2 nitrogen and oxygen atoms in total. The second-order valence-electron chi connectivity index (χ2n) is 4.67. The van der Waals surface area contributed by atoms with Crippen LogP contribution in [0.4, 0.5) is 0 Å². The molecular weight excluding hydrogens is 323 g/mol. The molecule has 0 radical (unpaired) electrons. The number of benzene rings is 1. The van der Waals surface area contributed by atoms with Crippen LogP contribution in [0.5, 0.6) is 0 Å². The summed E-state index contributed by atoms with van der Waals surface area (Å²) in [5, 5.41) is 4.82. The Morgan fingerprint density at radius 1 is 1.29 bits per heavy atom. The number of para-hydroxylation sites is 1. The summed E-state index contributed by atoms with van der Waals surface area (Å²) in [5.74, 6) is 0. The van der Waals surface area contributed by atoms with Gasteiger partial charge in [0.25, 0.3) is 0 Å². The van der Waals surface area contributed by atoms with Gasteiger partial charge in [0, 0.05) is 23.1 Å². The molecule has 1 aromatic carbocycles. The number of halogens is 1. The van der Waals surface area contributed by atoms with E-state index in [4.69, 9.17) is 0 Å². The van der Waals surface area contributed by atoms with Crippen LogP contribution in [0.3, 0.4) is 0 Å². The van der Waals surface area contributed by atoms with Gasteiger partial charge in [-0.1, -0.05) is 32.0 Å². The first-order valence-electron chi connectivity index (χ1n) is 5.97. The van der Waals surface area contributed by atoms with E-state index in [1.54, 1.807) is 0 Å². The maximum atomic E-state index is 3.45. The van der Waals surface area contributed by atoms with Crippen LogP contribution in [0, 0.1) is 6.92 Å². The van der Waals surface area contributed by atoms with E-state index in [2.05, 4.69) is 55.5 Å². The fourth-order valence-corrected chi connectivity index (χ4v) is 2.07. The van der Waals surface area contributed by atoms with Crippen LogP contribution in [0.1, 0.15) is 25.0 Å². The Kier molecular flexibility index (Phi) is 5.46. The highest BCUT2D eigenvalue weighted by molar-refractivity contribution is 14.0. The van der Waals surface area contributed by atoms with Crippen LogP contribution >= 0.6 is 24.0 Å². The molecule has 0 unspecified atom stereocenters. The van der Waals surface area contributed by atoms with Crippen LogP contribution in [0.15, 0.2) is 24.4 Å². The van der Waals surface area contributed by atoms with E-state index in [0.717, 1.165) is 13.0 Å². The van der Waals surface area contributed by atoms with Crippen molar-refractivity contribution in [2.75, 3.05) is 6.54 Å². The van der Waals surface area contributed by atoms with Crippen molar-refractivity contribution in [1.29, 1.82) is 0 Å². The summed E-state index contributed by atoms with van der Waals surface area (Å²) in [6, 6.07) is 7.04. The fraction of sp³-hybridized carbons (Fsp3) is 0.429. The van der Waals surface area contributed by atoms with Gasteiger partial charge < -0.3 is 10.3 Å². The van der Waals surface area contributed by atoms with Crippen molar-refractivity contribution in [1.82, 2.24) is 10.3 Å². The van der Waals surface area contributed by atoms with Gasteiger partial charge in [0.1, 0.15) is 0 Å². The molecule has 0 aliphatic carbocycles. The van der Waals surface area contributed by atoms with Gasteiger partial charge in [0.2, 0.25) is 0 Å². The molecule has 0 spiro atoms. The van der Waals surface area contributed by atoms with Crippen LogP contribution in [0.25, 0.3) is 10.9 Å². The largest absolute Gasteiger partial charge is 0.361 e. The highest BCUT2D eigenvalue weighted by Gasteiger charge is 2.04. The van der Waals surface area contributed by atoms with E-state index in [1.165, 1.54) is 22.0 Å². The van der Waals surface area contributed by atoms with Crippen LogP contribution in [-0.2, 0) is 6.42 Å². The van der Waals surface area contributed by atoms with Crippen LogP contribution in [-0.4, -0.2) is 17.6 Å². The number of hydrogen-bond donors (Lipinski definition) is 2. The van der Waals surface area contributed by atoms with Gasteiger partial charge in [-0.3, -0.25) is 0 Å². The van der Waals surface area contributed by atoms with E-state index >= 15 is 0 Å². The molecule has 1 aromatic heterocycles. The predicted molar refractivity (Wildman–Crippen MR) is 85.3 cm³/mol. The molecule has 0 aliphatic rings. The Bertz CT molecular complexity index is 474. The van der Waals surface area contributed by atoms with Crippen molar-refractivity contribution in [3.05, 3.63) is 35.5 Å². The summed E-state index contributed by atoms with van der Waals surface area (Å²) in [6.07, 6.45) is 3.22. The molecule has 0 bridgehead atoms. The average molecular weight is 344 g/mol. The van der Waals surface area contributed by atoms with Crippen LogP contribution in [0.2, 0.25) is 0 Å². The van der Waals surface area contributed by atoms with E-state index in [-0.39, 0.29) is 24.0 Å². The summed E-state index contributed by atoms with van der Waals surface area (Å²) in [7, 11) is 0. The number of aryl methyl sites for hydroxylation is 1. The number of aromatic amines is 1. The minimum atomic E-state index is 0. The SMILES string of the molecule is Cc1cccc2c(CCNC(C)C)c[nH]c12.I. The van der Waals surface area contributed by atoms with Gasteiger partial charge in [0.15, 0.2) is 0 Å². The highest BCUT2D eigenvalue weighted by Crippen LogP contribution is 2.21. The first-order valence-corrected chi connectivity index (χ1v) is 5.97. The van der Waals surface area contributed by atoms with Crippen molar-refractivity contribution in [3.63, 3.8) is 0 Å². The maximum Gasteiger partial charge on any atom is 0.0486 e. The van der Waals surface area contributed by atoms with E-state index < -0.39 is 0 Å². The molecule has 94 valence electrons. The Balaban J connectivity index is 0.00000144. The second kappa shape index (κ2) is 6.40. The summed E-state index contributed by atoms with van der Waals surface area (Å²) < 4.78 is 0. The number of hydrogen-bond acceptors (Lipinski definition) is 1. The Hall–Kier alpha value is -0.550. The number of fused-ring (bicyclic) bond motifs is 1. The quantitative estimate of drug-likeness (QED) is 0.815. The molecule has 0 aliphatic heterocycles. The standard InChI is InChI=1S/C14H20N2.HI/c1-10(2)15-8-7-12-9-16-14-11(3)5-4-6-13(12)14;/h4-6,9-10,15-16H,7-8H2,1-3H3;1H. The van der Waals surface area contributed by atoms with Crippen molar-refractivity contribution < 1.29 is 0 Å². The van der Waals surface area contributed by atoms with Gasteiger partial charge in [-0.2, -0.15) is 0 Å². The number of H-pyrrole nitrogens is 1. The summed E-state index contributed by atoms with van der Waals surface area (Å²) in [6.45, 7) is 7.55. The Morgan fingerprint density at radius 3 is 2.76 bits per heavy atom. The molecule has 2 aromatic rings. The van der Waals surface area contributed by atoms with E-state index in [9.17, 15) is 0 Å². The molecule has 0 saturated carbocycles. The zero-order valence-corrected chi connectivity index (χ0v) is 13.0. The molecular formula is C14H21IN2. The average Bonchev–Trinajstić information content (AvgIpc) is 2.63. The molecule has 1 heterocycles. The monoisotopic (exact) mass is 344 g/mol. The van der Waals surface area contributed by atoms with Gasteiger partial charge in [-0.25, -0.2) is 0 Å². The third-order valence-corrected chi connectivity index (χ3v) is 2.96. The molecule has 2 rings (SSSR count). The van der Waals surface area contributed by atoms with Crippen LogP contribution < -0.4 is 5.32 Å². The number of aromatic nitrogens is 1. The van der Waals surface area contributed by atoms with Gasteiger partial charge in [-0.05, 0) is 31.0 Å². The predicted octanol–water partition coefficient (Wildman–Crippen LogP) is 3.63. The van der Waals surface area contributed by atoms with Crippen molar-refractivity contribution >= 4 is 34.9 Å². The fourth-order valence-electron chi connectivity index (χ4n) is 2.07. The molecule has 0 fully saturated rings. The summed E-state index contributed by atoms with van der Waals surface area (Å²) in [4.78, 5) is 3.37. The lowest BCUT2D eigenvalue weighted by atomic mass is 10.1. The maximum absolute atomic E-state index is 3.45. The minimum absolute atomic E-state index is 0. The lowest BCUT2D eigenvalue weighted by molar-refractivity contribution is 0.591. The van der Waals surface area contributed by atoms with Crippen molar-refractivity contribution in [2.45, 2.75) is 33.2 Å². The minimum Gasteiger partial charge on any atom is -0.361 e. The van der Waals surface area contributed by atoms with Gasteiger partial charge in [-0.15, -0.1) is 24.0 Å². The topological polar surface area (TPSA) is 27.8 Å². The smallest absolute Gasteiger partial charge is 0.0486 e. The summed E-state index contributed by atoms with van der Waals surface area (Å²) >= 11 is 0. The Labute approximate surface area is 120 Å². The molecule has 17 heavy (non-hydrogen) atoms. The number of rotatable bonds is 4. The van der Waals surface area contributed by atoms with E-state index in [0.29, 0.717) is 6.04 Å². The lowest BCUT2D eigenvalue weighted by Gasteiger charge is -2.07. The molecule has 0 amide bonds. The van der Waals surface area contributed by atoms with Gasteiger partial charge >= 0.3 is 0 Å². The first-order chi connectivity index (χ1) is 7.68. The van der Waals surface area contributed by atoms with Gasteiger partial charge in [0.05, 0.1) is 0 Å². The number of nitrogens with one attached hydrogen (secondary N) is 2. The Morgan fingerprint density at radius 2 is 2.06 bits per heavy atom. The zero-order chi connectivity index (χ0) is 11.5. The normalized spacial score (nSPS) is 10.8. The lowest BCUT2D eigenvalue weighted by Crippen LogP contribution is -2.24. The highest BCUT2D eigenvalue weighted by atomic mass is 127. The molecule has 0 saturated heterocycles. The third-order valence-electron chi connectivity index (χ3n) is 2.96. The van der Waals surface area contributed by atoms with E-state index in [1.807, 2.05) is 0 Å². The molecule has 3 heteroatoms. The van der Waals surface area contributed by atoms with Crippen molar-refractivity contribution in [2.24, 2.45) is 0 Å². The zero-order valence-electron chi connectivity index (χ0n) is 10.7. The van der Waals surface area contributed by atoms with Crippen molar-refractivity contribution in [3.8, 4) is 0 Å².